The molecule has 8 heteroatoms. The Bertz CT molecular complexity index is 763. The van der Waals surface area contributed by atoms with Crippen LogP contribution in [0.25, 0.3) is 0 Å². The molecule has 3 atom stereocenters. The Kier molecular flexibility index (Phi) is 6.63. The van der Waals surface area contributed by atoms with E-state index in [1.54, 1.807) is 6.07 Å². The average molecular weight is 382 g/mol. The molecular weight excluding hydrogens is 356 g/mol. The predicted octanol–water partition coefficient (Wildman–Crippen LogP) is 2.30. The number of hydrogen-bond donors (Lipinski definition) is 2. The van der Waals surface area contributed by atoms with Gasteiger partial charge in [-0.1, -0.05) is 25.8 Å². The third-order valence-electron chi connectivity index (χ3n) is 4.49. The van der Waals surface area contributed by atoms with Gasteiger partial charge < -0.3 is 10.1 Å². The smallest absolute Gasteiger partial charge is 0.338 e. The van der Waals surface area contributed by atoms with Gasteiger partial charge in [0.1, 0.15) is 0 Å². The first kappa shape index (κ1) is 20.2. The van der Waals surface area contributed by atoms with Crippen LogP contribution in [-0.4, -0.2) is 38.7 Å². The molecule has 1 aromatic rings. The van der Waals surface area contributed by atoms with E-state index in [4.69, 9.17) is 4.74 Å². The first-order valence-electron chi connectivity index (χ1n) is 8.75. The maximum atomic E-state index is 12.3. The van der Waals surface area contributed by atoms with Crippen molar-refractivity contribution in [2.24, 2.45) is 5.92 Å². The summed E-state index contributed by atoms with van der Waals surface area (Å²) in [5.41, 5.74) is 0.430. The summed E-state index contributed by atoms with van der Waals surface area (Å²) >= 11 is 0. The van der Waals surface area contributed by atoms with Crippen molar-refractivity contribution >= 4 is 27.6 Å². The van der Waals surface area contributed by atoms with Crippen LogP contribution in [0.5, 0.6) is 0 Å². The Balaban J connectivity index is 1.95. The summed E-state index contributed by atoms with van der Waals surface area (Å²) in [6, 6.07) is 6.05. The van der Waals surface area contributed by atoms with Crippen LogP contribution in [0.3, 0.4) is 0 Å². The number of benzene rings is 1. The quantitative estimate of drug-likeness (QED) is 0.735. The minimum atomic E-state index is -3.44. The minimum Gasteiger partial charge on any atom is -0.449 e. The molecule has 1 aliphatic carbocycles. The van der Waals surface area contributed by atoms with E-state index < -0.39 is 22.1 Å². The molecule has 1 aliphatic rings. The van der Waals surface area contributed by atoms with E-state index in [1.165, 1.54) is 31.5 Å². The van der Waals surface area contributed by atoms with Crippen molar-refractivity contribution in [2.75, 3.05) is 11.0 Å². The van der Waals surface area contributed by atoms with Crippen molar-refractivity contribution in [3.05, 3.63) is 29.8 Å². The summed E-state index contributed by atoms with van der Waals surface area (Å²) in [4.78, 5) is 24.6. The first-order valence-corrected chi connectivity index (χ1v) is 10.6. The number of carbonyl (C=O) groups excluding carboxylic acids is 2. The predicted molar refractivity (Wildman–Crippen MR) is 99.3 cm³/mol. The van der Waals surface area contributed by atoms with Crippen LogP contribution in [0.4, 0.5) is 5.69 Å². The van der Waals surface area contributed by atoms with Crippen molar-refractivity contribution in [1.29, 1.82) is 0 Å². The monoisotopic (exact) mass is 382 g/mol. The molecule has 0 heterocycles. The van der Waals surface area contributed by atoms with Crippen molar-refractivity contribution < 1.29 is 22.7 Å². The molecule has 1 fully saturated rings. The van der Waals surface area contributed by atoms with Crippen LogP contribution < -0.4 is 10.0 Å². The fourth-order valence-electron chi connectivity index (χ4n) is 3.04. The van der Waals surface area contributed by atoms with Crippen LogP contribution >= 0.6 is 0 Å². The van der Waals surface area contributed by atoms with Crippen molar-refractivity contribution in [3.8, 4) is 0 Å². The van der Waals surface area contributed by atoms with Crippen molar-refractivity contribution in [1.82, 2.24) is 5.32 Å². The Labute approximate surface area is 154 Å². The third kappa shape index (κ3) is 6.01. The van der Waals surface area contributed by atoms with E-state index in [-0.39, 0.29) is 23.2 Å². The highest BCUT2D eigenvalue weighted by Crippen LogP contribution is 2.24. The third-order valence-corrected chi connectivity index (χ3v) is 5.10. The van der Waals surface area contributed by atoms with Crippen molar-refractivity contribution in [2.45, 2.75) is 51.7 Å². The lowest BCUT2D eigenvalue weighted by molar-refractivity contribution is -0.130. The fraction of sp³-hybridized carbons (Fsp3) is 0.556. The largest absolute Gasteiger partial charge is 0.449 e. The molecule has 26 heavy (non-hydrogen) atoms. The summed E-state index contributed by atoms with van der Waals surface area (Å²) in [5, 5.41) is 2.96. The van der Waals surface area contributed by atoms with Crippen molar-refractivity contribution in [3.63, 3.8) is 0 Å². The van der Waals surface area contributed by atoms with Gasteiger partial charge in [0.25, 0.3) is 5.91 Å². The van der Waals surface area contributed by atoms with E-state index in [2.05, 4.69) is 17.0 Å². The van der Waals surface area contributed by atoms with Gasteiger partial charge in [-0.3, -0.25) is 9.52 Å². The molecule has 2 rings (SSSR count). The second-order valence-corrected chi connectivity index (χ2v) is 8.63. The number of rotatable bonds is 6. The summed E-state index contributed by atoms with van der Waals surface area (Å²) in [5.74, 6) is -0.585. The number of sulfonamides is 1. The molecule has 0 radical (unpaired) electrons. The van der Waals surface area contributed by atoms with Gasteiger partial charge in [0.05, 0.1) is 11.8 Å². The van der Waals surface area contributed by atoms with E-state index >= 15 is 0 Å². The minimum absolute atomic E-state index is 0.111. The van der Waals surface area contributed by atoms with Crippen LogP contribution in [0.2, 0.25) is 0 Å². The van der Waals surface area contributed by atoms with Crippen LogP contribution in [0.15, 0.2) is 24.3 Å². The molecule has 2 N–H and O–H groups in total. The lowest BCUT2D eigenvalue weighted by atomic mass is 9.86. The normalized spacial score (nSPS) is 21.5. The van der Waals surface area contributed by atoms with Gasteiger partial charge in [-0.05, 0) is 43.9 Å². The molecule has 144 valence electrons. The van der Waals surface area contributed by atoms with Gasteiger partial charge in [0, 0.05) is 11.7 Å². The number of anilines is 1. The molecule has 1 aromatic carbocycles. The zero-order valence-electron chi connectivity index (χ0n) is 15.3. The van der Waals surface area contributed by atoms with E-state index in [9.17, 15) is 18.0 Å². The van der Waals surface area contributed by atoms with Gasteiger partial charge in [0.2, 0.25) is 10.0 Å². The number of amides is 1. The maximum Gasteiger partial charge on any atom is 0.338 e. The molecule has 0 saturated heterocycles. The molecule has 3 unspecified atom stereocenters. The SMILES string of the molecule is CC(OC(=O)c1cccc(NS(C)(=O)=O)c1)C(=O)NC1CCCCC1C. The Morgan fingerprint density at radius 2 is 1.92 bits per heavy atom. The van der Waals surface area contributed by atoms with Gasteiger partial charge >= 0.3 is 5.97 Å². The highest BCUT2D eigenvalue weighted by atomic mass is 32.2. The molecule has 1 amide bonds. The van der Waals surface area contributed by atoms with Gasteiger partial charge in [0.15, 0.2) is 6.10 Å². The summed E-state index contributed by atoms with van der Waals surface area (Å²) in [6.45, 7) is 3.64. The summed E-state index contributed by atoms with van der Waals surface area (Å²) in [6.07, 6.45) is 4.38. The van der Waals surface area contributed by atoms with Crippen LogP contribution in [0, 0.1) is 5.92 Å². The average Bonchev–Trinajstić information content (AvgIpc) is 2.55. The lowest BCUT2D eigenvalue weighted by Gasteiger charge is -2.30. The Morgan fingerprint density at radius 1 is 1.23 bits per heavy atom. The lowest BCUT2D eigenvalue weighted by Crippen LogP contribution is -2.45. The summed E-state index contributed by atoms with van der Waals surface area (Å²) < 4.78 is 30.1. The zero-order chi connectivity index (χ0) is 19.3. The van der Waals surface area contributed by atoms with Crippen LogP contribution in [0.1, 0.15) is 49.9 Å². The molecule has 0 spiro atoms. The summed E-state index contributed by atoms with van der Waals surface area (Å²) in [7, 11) is -3.44. The first-order chi connectivity index (χ1) is 12.2. The van der Waals surface area contributed by atoms with E-state index in [0.29, 0.717) is 5.92 Å². The molecule has 1 saturated carbocycles. The Hall–Kier alpha value is -2.09. The molecule has 0 aliphatic heterocycles. The van der Waals surface area contributed by atoms with Gasteiger partial charge in [-0.25, -0.2) is 13.2 Å². The van der Waals surface area contributed by atoms with E-state index in [1.807, 2.05) is 0 Å². The van der Waals surface area contributed by atoms with Gasteiger partial charge in [-0.2, -0.15) is 0 Å². The highest BCUT2D eigenvalue weighted by Gasteiger charge is 2.26. The fourth-order valence-corrected chi connectivity index (χ4v) is 3.59. The molecule has 0 bridgehead atoms. The Morgan fingerprint density at radius 3 is 2.58 bits per heavy atom. The number of carbonyl (C=O) groups is 2. The molecule has 0 aromatic heterocycles. The second-order valence-electron chi connectivity index (χ2n) is 6.88. The number of hydrogen-bond acceptors (Lipinski definition) is 5. The number of nitrogens with one attached hydrogen (secondary N) is 2. The topological polar surface area (TPSA) is 102 Å². The second kappa shape index (κ2) is 8.53. The standard InChI is InChI=1S/C18H26N2O5S/c1-12-7-4-5-10-16(12)19-17(21)13(2)25-18(22)14-8-6-9-15(11-14)20-26(3,23)24/h6,8-9,11-13,16,20H,4-5,7,10H2,1-3H3,(H,19,21). The van der Waals surface area contributed by atoms with Gasteiger partial charge in [-0.15, -0.1) is 0 Å². The van der Waals surface area contributed by atoms with E-state index in [0.717, 1.165) is 25.5 Å². The number of ether oxygens (including phenoxy) is 1. The number of esters is 1. The highest BCUT2D eigenvalue weighted by molar-refractivity contribution is 7.92. The van der Waals surface area contributed by atoms with Crippen LogP contribution in [-0.2, 0) is 19.6 Å². The zero-order valence-corrected chi connectivity index (χ0v) is 16.1. The molecule has 7 nitrogen and oxygen atoms in total. The molecular formula is C18H26N2O5S. The maximum absolute atomic E-state index is 12.3.